The average molecular weight is 299 g/mol. The minimum absolute atomic E-state index is 0.145. The Kier molecular flexibility index (Phi) is 6.89. The summed E-state index contributed by atoms with van der Waals surface area (Å²) in [5, 5.41) is 2.99. The van der Waals surface area contributed by atoms with E-state index in [9.17, 15) is 4.79 Å². The van der Waals surface area contributed by atoms with E-state index in [2.05, 4.69) is 41.7 Å². The summed E-state index contributed by atoms with van der Waals surface area (Å²) in [7, 11) is 0. The van der Waals surface area contributed by atoms with E-state index in [-0.39, 0.29) is 5.91 Å². The monoisotopic (exact) mass is 299 g/mol. The lowest BCUT2D eigenvalue weighted by atomic mass is 10.1. The Morgan fingerprint density at radius 1 is 0.952 bits per heavy atom. The number of thioether (sulfide) groups is 1. The number of aryl methyl sites for hydroxylation is 1. The van der Waals surface area contributed by atoms with Crippen LogP contribution in [0.4, 0.5) is 0 Å². The Morgan fingerprint density at radius 3 is 2.33 bits per heavy atom. The maximum atomic E-state index is 11.7. The molecule has 2 aromatic rings. The van der Waals surface area contributed by atoms with Crippen LogP contribution in [0, 0.1) is 0 Å². The van der Waals surface area contributed by atoms with Crippen LogP contribution in [0.5, 0.6) is 0 Å². The van der Waals surface area contributed by atoms with Gasteiger partial charge in [0.25, 0.3) is 0 Å². The Morgan fingerprint density at radius 2 is 1.62 bits per heavy atom. The van der Waals surface area contributed by atoms with Crippen molar-refractivity contribution in [1.82, 2.24) is 5.32 Å². The molecule has 2 aromatic carbocycles. The lowest BCUT2D eigenvalue weighted by molar-refractivity contribution is -0.120. The molecule has 0 spiro atoms. The summed E-state index contributed by atoms with van der Waals surface area (Å²) < 4.78 is 0. The molecule has 1 N–H and O–H groups in total. The van der Waals surface area contributed by atoms with Gasteiger partial charge in [-0.05, 0) is 30.5 Å². The Balaban J connectivity index is 1.54. The van der Waals surface area contributed by atoms with E-state index >= 15 is 0 Å². The quantitative estimate of drug-likeness (QED) is 0.591. The molecule has 110 valence electrons. The van der Waals surface area contributed by atoms with Crippen molar-refractivity contribution in [3.8, 4) is 0 Å². The highest BCUT2D eigenvalue weighted by Crippen LogP contribution is 2.17. The molecule has 3 heteroatoms. The molecule has 0 saturated heterocycles. The molecule has 0 bridgehead atoms. The highest BCUT2D eigenvalue weighted by molar-refractivity contribution is 7.99. The van der Waals surface area contributed by atoms with Crippen LogP contribution < -0.4 is 5.32 Å². The lowest BCUT2D eigenvalue weighted by Crippen LogP contribution is -2.24. The second kappa shape index (κ2) is 9.24. The highest BCUT2D eigenvalue weighted by atomic mass is 32.2. The van der Waals surface area contributed by atoms with E-state index in [1.54, 1.807) is 11.8 Å². The molecule has 0 heterocycles. The van der Waals surface area contributed by atoms with Gasteiger partial charge in [-0.2, -0.15) is 0 Å². The third-order valence-corrected chi connectivity index (χ3v) is 4.16. The van der Waals surface area contributed by atoms with Gasteiger partial charge in [0.2, 0.25) is 5.91 Å². The summed E-state index contributed by atoms with van der Waals surface area (Å²) in [4.78, 5) is 12.9. The van der Waals surface area contributed by atoms with E-state index in [0.29, 0.717) is 6.42 Å². The number of carbonyl (C=O) groups is 1. The molecule has 2 nitrogen and oxygen atoms in total. The van der Waals surface area contributed by atoms with Gasteiger partial charge in [0, 0.05) is 23.6 Å². The minimum atomic E-state index is 0.145. The molecule has 0 aliphatic rings. The van der Waals surface area contributed by atoms with Gasteiger partial charge in [-0.1, -0.05) is 48.5 Å². The molecule has 0 aliphatic heterocycles. The third kappa shape index (κ3) is 6.50. The molecule has 2 rings (SSSR count). The predicted octanol–water partition coefficient (Wildman–Crippen LogP) is 3.92. The van der Waals surface area contributed by atoms with Gasteiger partial charge < -0.3 is 5.32 Å². The molecule has 0 aliphatic carbocycles. The number of nitrogens with one attached hydrogen (secondary N) is 1. The number of hydrogen-bond donors (Lipinski definition) is 1. The smallest absolute Gasteiger partial charge is 0.220 e. The summed E-state index contributed by atoms with van der Waals surface area (Å²) in [6, 6.07) is 20.6. The van der Waals surface area contributed by atoms with E-state index in [0.717, 1.165) is 25.1 Å². The fraction of sp³-hybridized carbons (Fsp3) is 0.278. The first-order valence-electron chi connectivity index (χ1n) is 7.33. The summed E-state index contributed by atoms with van der Waals surface area (Å²) >= 11 is 1.72. The lowest BCUT2D eigenvalue weighted by Gasteiger charge is -2.05. The van der Waals surface area contributed by atoms with Crippen LogP contribution in [-0.4, -0.2) is 18.2 Å². The standard InChI is InChI=1S/C18H21NOS/c20-18(13-15-21-17-11-5-2-6-12-17)19-14-7-10-16-8-3-1-4-9-16/h1-6,8-9,11-12H,7,10,13-15H2,(H,19,20). The van der Waals surface area contributed by atoms with E-state index < -0.39 is 0 Å². The van der Waals surface area contributed by atoms with Crippen molar-refractivity contribution in [2.75, 3.05) is 12.3 Å². The molecule has 0 aromatic heterocycles. The molecule has 0 radical (unpaired) electrons. The average Bonchev–Trinajstić information content (AvgIpc) is 2.54. The first kappa shape index (κ1) is 15.6. The first-order valence-corrected chi connectivity index (χ1v) is 8.31. The van der Waals surface area contributed by atoms with Gasteiger partial charge in [-0.3, -0.25) is 4.79 Å². The van der Waals surface area contributed by atoms with Crippen LogP contribution in [0.3, 0.4) is 0 Å². The number of amides is 1. The Labute approximate surface area is 131 Å². The largest absolute Gasteiger partial charge is 0.356 e. The zero-order valence-electron chi connectivity index (χ0n) is 12.1. The molecule has 1 amide bonds. The van der Waals surface area contributed by atoms with Crippen LogP contribution in [0.15, 0.2) is 65.6 Å². The van der Waals surface area contributed by atoms with E-state index in [1.165, 1.54) is 10.5 Å². The second-order valence-corrected chi connectivity index (χ2v) is 6.02. The van der Waals surface area contributed by atoms with Crippen molar-refractivity contribution in [3.05, 3.63) is 66.2 Å². The second-order valence-electron chi connectivity index (χ2n) is 4.85. The van der Waals surface area contributed by atoms with Gasteiger partial charge in [-0.25, -0.2) is 0 Å². The summed E-state index contributed by atoms with van der Waals surface area (Å²) in [6.45, 7) is 0.754. The first-order chi connectivity index (χ1) is 10.3. The topological polar surface area (TPSA) is 29.1 Å². The number of benzene rings is 2. The van der Waals surface area contributed by atoms with E-state index in [1.807, 2.05) is 24.3 Å². The van der Waals surface area contributed by atoms with Crippen LogP contribution in [0.25, 0.3) is 0 Å². The third-order valence-electron chi connectivity index (χ3n) is 3.15. The molecular formula is C18H21NOS. The van der Waals surface area contributed by atoms with Crippen LogP contribution in [0.1, 0.15) is 18.4 Å². The van der Waals surface area contributed by atoms with Crippen molar-refractivity contribution in [2.24, 2.45) is 0 Å². The zero-order valence-corrected chi connectivity index (χ0v) is 12.9. The van der Waals surface area contributed by atoms with Gasteiger partial charge in [0.15, 0.2) is 0 Å². The molecule has 0 fully saturated rings. The van der Waals surface area contributed by atoms with Crippen molar-refractivity contribution in [2.45, 2.75) is 24.2 Å². The van der Waals surface area contributed by atoms with Gasteiger partial charge in [0.1, 0.15) is 0 Å². The van der Waals surface area contributed by atoms with Crippen LogP contribution in [0.2, 0.25) is 0 Å². The van der Waals surface area contributed by atoms with Gasteiger partial charge in [0.05, 0.1) is 0 Å². The number of hydrogen-bond acceptors (Lipinski definition) is 2. The van der Waals surface area contributed by atoms with Crippen LogP contribution in [-0.2, 0) is 11.2 Å². The highest BCUT2D eigenvalue weighted by Gasteiger charge is 2.01. The Hall–Kier alpha value is -1.74. The number of rotatable bonds is 8. The maximum Gasteiger partial charge on any atom is 0.220 e. The van der Waals surface area contributed by atoms with Gasteiger partial charge >= 0.3 is 0 Å². The molecule has 0 unspecified atom stereocenters. The minimum Gasteiger partial charge on any atom is -0.356 e. The normalized spacial score (nSPS) is 10.3. The van der Waals surface area contributed by atoms with Crippen molar-refractivity contribution >= 4 is 17.7 Å². The van der Waals surface area contributed by atoms with Crippen molar-refractivity contribution in [3.63, 3.8) is 0 Å². The molecule has 0 saturated carbocycles. The fourth-order valence-corrected chi connectivity index (χ4v) is 2.90. The molecule has 0 atom stereocenters. The zero-order chi connectivity index (χ0) is 14.8. The van der Waals surface area contributed by atoms with Crippen molar-refractivity contribution < 1.29 is 4.79 Å². The van der Waals surface area contributed by atoms with E-state index in [4.69, 9.17) is 0 Å². The maximum absolute atomic E-state index is 11.7. The SMILES string of the molecule is O=C(CCSc1ccccc1)NCCCc1ccccc1. The summed E-state index contributed by atoms with van der Waals surface area (Å²) in [5.41, 5.74) is 1.33. The van der Waals surface area contributed by atoms with Crippen molar-refractivity contribution in [1.29, 1.82) is 0 Å². The number of carbonyl (C=O) groups excluding carboxylic acids is 1. The molecule has 21 heavy (non-hydrogen) atoms. The fourth-order valence-electron chi connectivity index (χ4n) is 2.03. The Bertz CT molecular complexity index is 527. The summed E-state index contributed by atoms with van der Waals surface area (Å²) in [5.74, 6) is 0.973. The van der Waals surface area contributed by atoms with Crippen LogP contribution >= 0.6 is 11.8 Å². The van der Waals surface area contributed by atoms with Gasteiger partial charge in [-0.15, -0.1) is 11.8 Å². The molecular weight excluding hydrogens is 278 g/mol. The summed E-state index contributed by atoms with van der Waals surface area (Å²) in [6.07, 6.45) is 2.58. The predicted molar refractivity (Wildman–Crippen MR) is 89.6 cm³/mol.